The molecule has 1 saturated heterocycles. The van der Waals surface area contributed by atoms with Crippen LogP contribution in [0.25, 0.3) is 0 Å². The number of piperidine rings is 1. The van der Waals surface area contributed by atoms with E-state index in [1.807, 2.05) is 6.07 Å². The molecule has 6 nitrogen and oxygen atoms in total. The van der Waals surface area contributed by atoms with Crippen LogP contribution in [-0.2, 0) is 9.59 Å². The smallest absolute Gasteiger partial charge is 0.328 e. The van der Waals surface area contributed by atoms with Crippen LogP contribution in [0.4, 0.5) is 0 Å². The number of aliphatic carboxylic acids is 2. The van der Waals surface area contributed by atoms with Crippen LogP contribution >= 0.6 is 0 Å². The summed E-state index contributed by atoms with van der Waals surface area (Å²) in [5.74, 6) is -1.16. The number of aliphatic hydroxyl groups is 1. The van der Waals surface area contributed by atoms with Crippen LogP contribution in [0.2, 0.25) is 0 Å². The van der Waals surface area contributed by atoms with E-state index >= 15 is 0 Å². The number of nitrogens with one attached hydrogen (secondary N) is 1. The van der Waals surface area contributed by atoms with Gasteiger partial charge in [0.05, 0.1) is 6.10 Å². The lowest BCUT2D eigenvalue weighted by Crippen LogP contribution is -2.30. The largest absolute Gasteiger partial charge is 0.478 e. The van der Waals surface area contributed by atoms with Gasteiger partial charge in [-0.1, -0.05) is 24.3 Å². The highest BCUT2D eigenvalue weighted by Gasteiger charge is 2.34. The number of rotatable bonds is 3. The third-order valence-corrected chi connectivity index (χ3v) is 4.55. The summed E-state index contributed by atoms with van der Waals surface area (Å²) < 4.78 is 0. The minimum atomic E-state index is -1.26. The second-order valence-electron chi connectivity index (χ2n) is 6.08. The lowest BCUT2D eigenvalue weighted by atomic mass is 9.81. The maximum atomic E-state index is 10.1. The average molecular weight is 333 g/mol. The number of hydrogen-bond donors (Lipinski definition) is 4. The highest BCUT2D eigenvalue weighted by atomic mass is 16.4. The Bertz CT molecular complexity index is 591. The Labute approximate surface area is 140 Å². The Morgan fingerprint density at radius 1 is 1.00 bits per heavy atom. The van der Waals surface area contributed by atoms with Crippen LogP contribution in [0.5, 0.6) is 0 Å². The maximum absolute atomic E-state index is 10.1. The lowest BCUT2D eigenvalue weighted by Gasteiger charge is -2.28. The Hall–Kier alpha value is -2.18. The summed E-state index contributed by atoms with van der Waals surface area (Å²) in [6, 6.07) is 8.43. The van der Waals surface area contributed by atoms with E-state index in [2.05, 4.69) is 23.5 Å². The number of carbonyl (C=O) groups is 2. The van der Waals surface area contributed by atoms with Crippen molar-refractivity contribution in [3.63, 3.8) is 0 Å². The fourth-order valence-electron chi connectivity index (χ4n) is 3.48. The van der Waals surface area contributed by atoms with Gasteiger partial charge in [0.1, 0.15) is 0 Å². The van der Waals surface area contributed by atoms with E-state index in [-0.39, 0.29) is 6.10 Å². The zero-order valence-corrected chi connectivity index (χ0v) is 13.4. The zero-order chi connectivity index (χ0) is 17.5. The number of fused-ring (bicyclic) bond motifs is 1. The fraction of sp³-hybridized carbons (Fsp3) is 0.444. The summed E-state index contributed by atoms with van der Waals surface area (Å²) in [5, 5.41) is 29.1. The van der Waals surface area contributed by atoms with Crippen LogP contribution in [0, 0.1) is 5.92 Å². The standard InChI is InChI=1S/C14H19NO.C4H4O4/c16-14-9-13(10-5-7-15-8-6-10)11-3-1-2-4-12(11)14;5-3(6)1-2-4(7)8/h1-4,10,13-16H,5-9H2;1-2H,(H,5,6)(H,7,8). The van der Waals surface area contributed by atoms with E-state index in [4.69, 9.17) is 10.2 Å². The number of carboxylic acids is 2. The Morgan fingerprint density at radius 3 is 2.08 bits per heavy atom. The first-order valence-corrected chi connectivity index (χ1v) is 8.10. The number of hydrogen-bond acceptors (Lipinski definition) is 4. The van der Waals surface area contributed by atoms with Gasteiger partial charge in [-0.05, 0) is 55.3 Å². The molecule has 1 aliphatic carbocycles. The molecule has 1 fully saturated rings. The van der Waals surface area contributed by atoms with Crippen LogP contribution < -0.4 is 5.32 Å². The molecular weight excluding hydrogens is 310 g/mol. The van der Waals surface area contributed by atoms with Crippen molar-refractivity contribution in [1.29, 1.82) is 0 Å². The van der Waals surface area contributed by atoms with Crippen LogP contribution in [0.1, 0.15) is 42.4 Å². The Morgan fingerprint density at radius 2 is 1.54 bits per heavy atom. The van der Waals surface area contributed by atoms with Gasteiger partial charge in [-0.15, -0.1) is 0 Å². The second kappa shape index (κ2) is 8.61. The lowest BCUT2D eigenvalue weighted by molar-refractivity contribution is -0.134. The minimum Gasteiger partial charge on any atom is -0.478 e. The molecule has 130 valence electrons. The van der Waals surface area contributed by atoms with Crippen molar-refractivity contribution >= 4 is 11.9 Å². The summed E-state index contributed by atoms with van der Waals surface area (Å²) >= 11 is 0. The van der Waals surface area contributed by atoms with Crippen molar-refractivity contribution in [3.8, 4) is 0 Å². The molecule has 0 amide bonds. The normalized spacial score (nSPS) is 23.4. The highest BCUT2D eigenvalue weighted by Crippen LogP contribution is 2.46. The third kappa shape index (κ3) is 4.91. The molecule has 24 heavy (non-hydrogen) atoms. The Balaban J connectivity index is 0.000000224. The molecule has 1 aliphatic heterocycles. The summed E-state index contributed by atoms with van der Waals surface area (Å²) in [5.41, 5.74) is 2.58. The monoisotopic (exact) mass is 333 g/mol. The van der Waals surface area contributed by atoms with Gasteiger partial charge in [0, 0.05) is 12.2 Å². The van der Waals surface area contributed by atoms with E-state index < -0.39 is 11.9 Å². The molecule has 0 radical (unpaired) electrons. The van der Waals surface area contributed by atoms with E-state index in [0.717, 1.165) is 25.4 Å². The molecule has 0 bridgehead atoms. The Kier molecular flexibility index (Phi) is 6.52. The van der Waals surface area contributed by atoms with Gasteiger partial charge < -0.3 is 20.6 Å². The fourth-order valence-corrected chi connectivity index (χ4v) is 3.48. The van der Waals surface area contributed by atoms with Gasteiger partial charge in [0.25, 0.3) is 0 Å². The molecule has 2 unspecified atom stereocenters. The van der Waals surface area contributed by atoms with Crippen LogP contribution in [0.3, 0.4) is 0 Å². The van der Waals surface area contributed by atoms with Gasteiger partial charge in [-0.25, -0.2) is 9.59 Å². The van der Waals surface area contributed by atoms with E-state index in [0.29, 0.717) is 18.1 Å². The molecule has 1 heterocycles. The van der Waals surface area contributed by atoms with Crippen LogP contribution in [-0.4, -0.2) is 40.3 Å². The topological polar surface area (TPSA) is 107 Å². The highest BCUT2D eigenvalue weighted by molar-refractivity contribution is 5.89. The molecular formula is C18H23NO5. The predicted molar refractivity (Wildman–Crippen MR) is 88.8 cm³/mol. The van der Waals surface area contributed by atoms with Crippen molar-refractivity contribution in [2.75, 3.05) is 13.1 Å². The minimum absolute atomic E-state index is 0.226. The third-order valence-electron chi connectivity index (χ3n) is 4.55. The van der Waals surface area contributed by atoms with Gasteiger partial charge >= 0.3 is 11.9 Å². The van der Waals surface area contributed by atoms with Gasteiger partial charge in [0.15, 0.2) is 0 Å². The van der Waals surface area contributed by atoms with Crippen molar-refractivity contribution in [3.05, 3.63) is 47.5 Å². The SMILES string of the molecule is O=C(O)C=CC(=O)O.OC1CC(C2CCNCC2)c2ccccc21. The summed E-state index contributed by atoms with van der Waals surface area (Å²) in [7, 11) is 0. The molecule has 3 rings (SSSR count). The molecule has 1 aromatic rings. The molecule has 2 aliphatic rings. The number of carboxylic acid groups (broad SMARTS) is 2. The summed E-state index contributed by atoms with van der Waals surface area (Å²) in [6.07, 6.45) is 4.34. The first kappa shape index (κ1) is 18.2. The van der Waals surface area contributed by atoms with E-state index in [1.54, 1.807) is 0 Å². The number of benzene rings is 1. The predicted octanol–water partition coefficient (Wildman–Crippen LogP) is 1.92. The van der Waals surface area contributed by atoms with E-state index in [1.165, 1.54) is 24.0 Å². The summed E-state index contributed by atoms with van der Waals surface area (Å²) in [6.45, 7) is 2.28. The molecule has 0 aromatic heterocycles. The van der Waals surface area contributed by atoms with Gasteiger partial charge in [-0.2, -0.15) is 0 Å². The van der Waals surface area contributed by atoms with Crippen molar-refractivity contribution in [2.24, 2.45) is 5.92 Å². The first-order valence-electron chi connectivity index (χ1n) is 8.10. The van der Waals surface area contributed by atoms with Crippen molar-refractivity contribution in [1.82, 2.24) is 5.32 Å². The van der Waals surface area contributed by atoms with Gasteiger partial charge in [0.2, 0.25) is 0 Å². The molecule has 0 spiro atoms. The molecule has 4 N–H and O–H groups in total. The molecule has 1 aromatic carbocycles. The summed E-state index contributed by atoms with van der Waals surface area (Å²) in [4.78, 5) is 19.1. The molecule has 6 heteroatoms. The number of aliphatic hydroxyl groups excluding tert-OH is 1. The molecule has 0 saturated carbocycles. The quantitative estimate of drug-likeness (QED) is 0.630. The first-order chi connectivity index (χ1) is 11.5. The average Bonchev–Trinajstić information content (AvgIpc) is 2.92. The van der Waals surface area contributed by atoms with E-state index in [9.17, 15) is 14.7 Å². The second-order valence-corrected chi connectivity index (χ2v) is 6.08. The van der Waals surface area contributed by atoms with Crippen molar-refractivity contribution in [2.45, 2.75) is 31.3 Å². The molecule has 2 atom stereocenters. The zero-order valence-electron chi connectivity index (χ0n) is 13.4. The van der Waals surface area contributed by atoms with Crippen LogP contribution in [0.15, 0.2) is 36.4 Å². The van der Waals surface area contributed by atoms with Gasteiger partial charge in [-0.3, -0.25) is 0 Å². The maximum Gasteiger partial charge on any atom is 0.328 e. The van der Waals surface area contributed by atoms with Crippen molar-refractivity contribution < 1.29 is 24.9 Å².